The highest BCUT2D eigenvalue weighted by atomic mass is 32.2. The Morgan fingerprint density at radius 1 is 1.06 bits per heavy atom. The monoisotopic (exact) mass is 485 g/mol. The van der Waals surface area contributed by atoms with Crippen LogP contribution in [0.15, 0.2) is 82.4 Å². The average Bonchev–Trinajstić information content (AvgIpc) is 3.50. The zero-order valence-electron chi connectivity index (χ0n) is 18.5. The molecule has 1 saturated carbocycles. The summed E-state index contributed by atoms with van der Waals surface area (Å²) in [6.45, 7) is 0. The van der Waals surface area contributed by atoms with Gasteiger partial charge in [-0.25, -0.2) is 9.37 Å². The van der Waals surface area contributed by atoms with Crippen LogP contribution in [0.2, 0.25) is 0 Å². The van der Waals surface area contributed by atoms with Crippen LogP contribution in [0.3, 0.4) is 0 Å². The lowest BCUT2D eigenvalue weighted by molar-refractivity contribution is -0.113. The molecule has 1 fully saturated rings. The van der Waals surface area contributed by atoms with Crippen molar-refractivity contribution < 1.29 is 13.6 Å². The number of benzene rings is 3. The minimum atomic E-state index is -0.389. The van der Waals surface area contributed by atoms with Crippen LogP contribution in [0.25, 0.3) is 28.2 Å². The Morgan fingerprint density at radius 3 is 2.66 bits per heavy atom. The highest BCUT2D eigenvalue weighted by Gasteiger charge is 2.29. The standard InChI is InChI=1S/C26H20FN5O2S/c27-20-9-5-4-8-19(20)24-30-31-26(32(24)18-6-2-1-3-7-18)35-15-23(33)28-17-12-13-22-21(14-17)29-25(34-22)16-10-11-16/h1-9,12-14,16H,10-11,15H2,(H,28,33). The second-order valence-corrected chi connectivity index (χ2v) is 9.25. The van der Waals surface area contributed by atoms with Crippen LogP contribution in [-0.2, 0) is 4.79 Å². The summed E-state index contributed by atoms with van der Waals surface area (Å²) in [5.41, 5.74) is 3.22. The van der Waals surface area contributed by atoms with E-state index < -0.39 is 0 Å². The lowest BCUT2D eigenvalue weighted by Gasteiger charge is -2.11. The summed E-state index contributed by atoms with van der Waals surface area (Å²) in [5, 5.41) is 11.9. The van der Waals surface area contributed by atoms with E-state index in [-0.39, 0.29) is 17.5 Å². The smallest absolute Gasteiger partial charge is 0.234 e. The number of amides is 1. The van der Waals surface area contributed by atoms with E-state index in [0.717, 1.165) is 35.5 Å². The average molecular weight is 486 g/mol. The summed E-state index contributed by atoms with van der Waals surface area (Å²) in [7, 11) is 0. The minimum Gasteiger partial charge on any atom is -0.440 e. The number of carbonyl (C=O) groups is 1. The summed E-state index contributed by atoms with van der Waals surface area (Å²) in [6, 6.07) is 21.3. The first kappa shape index (κ1) is 21.5. The fraction of sp³-hybridized carbons (Fsp3) is 0.154. The van der Waals surface area contributed by atoms with Crippen molar-refractivity contribution in [2.45, 2.75) is 23.9 Å². The van der Waals surface area contributed by atoms with Crippen LogP contribution in [-0.4, -0.2) is 31.4 Å². The van der Waals surface area contributed by atoms with Gasteiger partial charge in [-0.05, 0) is 55.3 Å². The van der Waals surface area contributed by atoms with E-state index in [1.807, 2.05) is 42.5 Å². The molecule has 1 aliphatic rings. The Morgan fingerprint density at radius 2 is 1.86 bits per heavy atom. The summed E-state index contributed by atoms with van der Waals surface area (Å²) >= 11 is 1.23. The van der Waals surface area contributed by atoms with Crippen LogP contribution in [0.1, 0.15) is 24.7 Å². The normalized spacial score (nSPS) is 13.3. The van der Waals surface area contributed by atoms with Gasteiger partial charge < -0.3 is 9.73 Å². The van der Waals surface area contributed by atoms with Crippen LogP contribution in [0.5, 0.6) is 0 Å². The maximum atomic E-state index is 14.5. The number of hydrogen-bond donors (Lipinski definition) is 1. The van der Waals surface area contributed by atoms with Gasteiger partial charge in [0.2, 0.25) is 5.91 Å². The van der Waals surface area contributed by atoms with Crippen LogP contribution < -0.4 is 5.32 Å². The molecule has 2 heterocycles. The van der Waals surface area contributed by atoms with Gasteiger partial charge in [0.1, 0.15) is 11.3 Å². The molecule has 5 aromatic rings. The third-order valence-corrected chi connectivity index (χ3v) is 6.64. The van der Waals surface area contributed by atoms with Gasteiger partial charge in [0, 0.05) is 17.3 Å². The van der Waals surface area contributed by atoms with Crippen molar-refractivity contribution in [2.75, 3.05) is 11.1 Å². The van der Waals surface area contributed by atoms with Gasteiger partial charge in [0.25, 0.3) is 0 Å². The van der Waals surface area contributed by atoms with Gasteiger partial charge in [-0.3, -0.25) is 9.36 Å². The molecule has 7 nitrogen and oxygen atoms in total. The molecular weight excluding hydrogens is 465 g/mol. The number of nitrogens with one attached hydrogen (secondary N) is 1. The molecule has 0 atom stereocenters. The van der Waals surface area contributed by atoms with Gasteiger partial charge in [-0.1, -0.05) is 42.1 Å². The zero-order valence-corrected chi connectivity index (χ0v) is 19.3. The molecule has 0 spiro atoms. The molecule has 174 valence electrons. The molecule has 6 rings (SSSR count). The quantitative estimate of drug-likeness (QED) is 0.292. The Balaban J connectivity index is 1.22. The number of para-hydroxylation sites is 1. The van der Waals surface area contributed by atoms with Gasteiger partial charge in [-0.15, -0.1) is 10.2 Å². The number of thioether (sulfide) groups is 1. The van der Waals surface area contributed by atoms with E-state index in [0.29, 0.717) is 28.1 Å². The van der Waals surface area contributed by atoms with E-state index in [1.54, 1.807) is 28.8 Å². The van der Waals surface area contributed by atoms with Crippen molar-refractivity contribution >= 4 is 34.5 Å². The molecule has 9 heteroatoms. The zero-order chi connectivity index (χ0) is 23.8. The number of aromatic nitrogens is 4. The van der Waals surface area contributed by atoms with Crippen molar-refractivity contribution in [3.8, 4) is 17.1 Å². The first-order valence-electron chi connectivity index (χ1n) is 11.2. The third kappa shape index (κ3) is 4.42. The Kier molecular flexibility index (Phi) is 5.54. The van der Waals surface area contributed by atoms with Gasteiger partial charge in [-0.2, -0.15) is 0 Å². The predicted octanol–water partition coefficient (Wildman–Crippen LogP) is 5.82. The number of rotatable bonds is 7. The molecule has 1 aliphatic carbocycles. The van der Waals surface area contributed by atoms with Crippen molar-refractivity contribution in [2.24, 2.45) is 0 Å². The lowest BCUT2D eigenvalue weighted by atomic mass is 10.2. The predicted molar refractivity (Wildman–Crippen MR) is 132 cm³/mol. The summed E-state index contributed by atoms with van der Waals surface area (Å²) in [6.07, 6.45) is 2.22. The fourth-order valence-corrected chi connectivity index (χ4v) is 4.60. The van der Waals surface area contributed by atoms with Crippen LogP contribution >= 0.6 is 11.8 Å². The van der Waals surface area contributed by atoms with E-state index in [9.17, 15) is 9.18 Å². The highest BCUT2D eigenvalue weighted by molar-refractivity contribution is 7.99. The number of halogens is 1. The Labute approximate surface area is 204 Å². The number of anilines is 1. The van der Waals surface area contributed by atoms with E-state index in [1.165, 1.54) is 17.8 Å². The first-order chi connectivity index (χ1) is 17.2. The number of oxazole rings is 1. The largest absolute Gasteiger partial charge is 0.440 e. The molecule has 1 N–H and O–H groups in total. The molecule has 0 unspecified atom stereocenters. The summed E-state index contributed by atoms with van der Waals surface area (Å²) < 4.78 is 22.1. The maximum Gasteiger partial charge on any atom is 0.234 e. The Bertz CT molecular complexity index is 1530. The topological polar surface area (TPSA) is 85.8 Å². The van der Waals surface area contributed by atoms with Gasteiger partial charge >= 0.3 is 0 Å². The fourth-order valence-electron chi connectivity index (χ4n) is 3.85. The second-order valence-electron chi connectivity index (χ2n) is 8.30. The van der Waals surface area contributed by atoms with Crippen molar-refractivity contribution in [1.29, 1.82) is 0 Å². The Hall–Kier alpha value is -3.98. The molecule has 0 saturated heterocycles. The molecular formula is C26H20FN5O2S. The summed E-state index contributed by atoms with van der Waals surface area (Å²) in [4.78, 5) is 17.3. The number of hydrogen-bond acceptors (Lipinski definition) is 6. The van der Waals surface area contributed by atoms with Crippen molar-refractivity contribution in [1.82, 2.24) is 19.7 Å². The number of fused-ring (bicyclic) bond motifs is 1. The maximum absolute atomic E-state index is 14.5. The van der Waals surface area contributed by atoms with E-state index in [2.05, 4.69) is 20.5 Å². The highest BCUT2D eigenvalue weighted by Crippen LogP contribution is 2.40. The van der Waals surface area contributed by atoms with Crippen molar-refractivity contribution in [3.05, 3.63) is 84.5 Å². The first-order valence-corrected chi connectivity index (χ1v) is 12.2. The van der Waals surface area contributed by atoms with Crippen LogP contribution in [0.4, 0.5) is 10.1 Å². The van der Waals surface area contributed by atoms with Gasteiger partial charge in [0.15, 0.2) is 22.5 Å². The third-order valence-electron chi connectivity index (χ3n) is 5.71. The number of nitrogens with zero attached hydrogens (tertiary/aromatic N) is 4. The molecule has 0 bridgehead atoms. The molecule has 2 aromatic heterocycles. The lowest BCUT2D eigenvalue weighted by Crippen LogP contribution is -2.14. The molecule has 3 aromatic carbocycles. The van der Waals surface area contributed by atoms with E-state index in [4.69, 9.17) is 4.42 Å². The number of carbonyl (C=O) groups excluding carboxylic acids is 1. The molecule has 35 heavy (non-hydrogen) atoms. The minimum absolute atomic E-state index is 0.104. The SMILES string of the molecule is O=C(CSc1nnc(-c2ccccc2F)n1-c1ccccc1)Nc1ccc2oc(C3CC3)nc2c1. The van der Waals surface area contributed by atoms with Crippen molar-refractivity contribution in [3.63, 3.8) is 0 Å². The molecule has 0 aliphatic heterocycles. The molecule has 1 amide bonds. The second kappa shape index (κ2) is 8.99. The van der Waals surface area contributed by atoms with Crippen LogP contribution in [0, 0.1) is 5.82 Å². The molecule has 0 radical (unpaired) electrons. The van der Waals surface area contributed by atoms with Gasteiger partial charge in [0.05, 0.1) is 11.3 Å². The van der Waals surface area contributed by atoms with E-state index >= 15 is 0 Å². The summed E-state index contributed by atoms with van der Waals surface area (Å²) in [5.74, 6) is 1.08.